The van der Waals surface area contributed by atoms with Gasteiger partial charge in [-0.2, -0.15) is 0 Å². The molecule has 0 bridgehead atoms. The molecule has 6 aromatic carbocycles. The molecule has 0 radical (unpaired) electrons. The Morgan fingerprint density at radius 1 is 0.362 bits per heavy atom. The second kappa shape index (κ2) is 14.2. The second-order valence-corrected chi connectivity index (χ2v) is 35.3. The summed E-state index contributed by atoms with van der Waals surface area (Å²) in [6, 6.07) is 62.0. The predicted octanol–water partition coefficient (Wildman–Crippen LogP) is 6.38. The summed E-state index contributed by atoms with van der Waals surface area (Å²) < 4.78 is 14.4. The van der Waals surface area contributed by atoms with Gasteiger partial charge in [0.2, 0.25) is 0 Å². The zero-order chi connectivity index (χ0) is 32.7. The summed E-state index contributed by atoms with van der Waals surface area (Å²) >= 11 is -4.91. The van der Waals surface area contributed by atoms with Crippen LogP contribution in [-0.2, 0) is 31.2 Å². The van der Waals surface area contributed by atoms with Crippen molar-refractivity contribution in [2.24, 2.45) is 0 Å². The molecule has 0 atom stereocenters. The molecule has 0 unspecified atom stereocenters. The molecular weight excluding hydrogens is 707 g/mol. The minimum atomic E-state index is -4.91. The SMILES string of the molecule is CC(=O)[O][Ru]([O]C(C)=O)([PH](c1ccccc1)(c1ccccc1)c1ccccc1)[PH](c1ccccc1)(c1ccccc1)c1ccccc1. The average molecular weight is 746 g/mol. The van der Waals surface area contributed by atoms with Gasteiger partial charge in [-0.15, -0.1) is 0 Å². The summed E-state index contributed by atoms with van der Waals surface area (Å²) in [6.07, 6.45) is 0. The van der Waals surface area contributed by atoms with Crippen molar-refractivity contribution in [3.05, 3.63) is 182 Å². The van der Waals surface area contributed by atoms with E-state index >= 15 is 0 Å². The predicted molar refractivity (Wildman–Crippen MR) is 197 cm³/mol. The summed E-state index contributed by atoms with van der Waals surface area (Å²) in [5, 5.41) is 6.12. The van der Waals surface area contributed by atoms with Crippen LogP contribution in [0.1, 0.15) is 13.8 Å². The van der Waals surface area contributed by atoms with Crippen molar-refractivity contribution in [3.63, 3.8) is 0 Å². The van der Waals surface area contributed by atoms with E-state index in [9.17, 15) is 9.59 Å². The Hall–Kier alpha value is -4.26. The van der Waals surface area contributed by atoms with Crippen LogP contribution in [0.15, 0.2) is 182 Å². The van der Waals surface area contributed by atoms with E-state index in [2.05, 4.69) is 72.8 Å². The Bertz CT molecular complexity index is 1590. The first-order chi connectivity index (χ1) is 23.0. The number of hydrogen-bond acceptors (Lipinski definition) is 4. The summed E-state index contributed by atoms with van der Waals surface area (Å²) in [5.74, 6) is -0.922. The quantitative estimate of drug-likeness (QED) is 0.121. The van der Waals surface area contributed by atoms with Gasteiger partial charge in [0, 0.05) is 0 Å². The van der Waals surface area contributed by atoms with Crippen LogP contribution in [0.25, 0.3) is 0 Å². The summed E-state index contributed by atoms with van der Waals surface area (Å²) in [7, 11) is 0. The first-order valence-corrected chi connectivity index (χ1v) is 25.8. The molecule has 0 aliphatic carbocycles. The van der Waals surface area contributed by atoms with E-state index < -0.39 is 37.7 Å². The van der Waals surface area contributed by atoms with Crippen molar-refractivity contribution in [2.75, 3.05) is 0 Å². The van der Waals surface area contributed by atoms with Crippen molar-refractivity contribution >= 4 is 55.0 Å². The molecule has 0 spiro atoms. The fourth-order valence-electron chi connectivity index (χ4n) is 6.51. The number of benzene rings is 6. The molecule has 0 saturated carbocycles. The summed E-state index contributed by atoms with van der Waals surface area (Å²) in [4.78, 5) is 28.0. The van der Waals surface area contributed by atoms with Crippen molar-refractivity contribution in [3.8, 4) is 0 Å². The van der Waals surface area contributed by atoms with E-state index in [-0.39, 0.29) is 0 Å². The third-order valence-corrected chi connectivity index (χ3v) is 48.6. The molecule has 6 rings (SSSR count). The van der Waals surface area contributed by atoms with Gasteiger partial charge in [-0.05, 0) is 0 Å². The molecule has 0 aliphatic heterocycles. The fourth-order valence-corrected chi connectivity index (χ4v) is 59.9. The molecule has 0 N–H and O–H groups in total. The number of hydrogen-bond donors (Lipinski definition) is 0. The van der Waals surface area contributed by atoms with E-state index in [0.717, 1.165) is 31.8 Å². The summed E-state index contributed by atoms with van der Waals surface area (Å²) in [5.41, 5.74) is -7.33. The maximum absolute atomic E-state index is 14.0. The number of carbonyl (C=O) groups is 2. The minimum absolute atomic E-state index is 0.461. The van der Waals surface area contributed by atoms with Gasteiger partial charge in [-0.1, -0.05) is 0 Å². The Morgan fingerprint density at radius 3 is 0.681 bits per heavy atom. The van der Waals surface area contributed by atoms with Gasteiger partial charge in [0.1, 0.15) is 0 Å². The van der Waals surface area contributed by atoms with Crippen molar-refractivity contribution in [1.29, 1.82) is 0 Å². The number of carbonyl (C=O) groups excluding carboxylic acids is 2. The Kier molecular flexibility index (Phi) is 9.90. The molecule has 0 fully saturated rings. The third-order valence-electron chi connectivity index (χ3n) is 8.09. The number of rotatable bonds is 10. The van der Waals surface area contributed by atoms with Crippen LogP contribution in [-0.4, -0.2) is 11.9 Å². The molecule has 6 aromatic rings. The Balaban J connectivity index is 2.00. The first kappa shape index (κ1) is 32.7. The average Bonchev–Trinajstić information content (AvgIpc) is 3.11. The molecule has 0 aliphatic rings. The van der Waals surface area contributed by atoms with Crippen molar-refractivity contribution in [1.82, 2.24) is 0 Å². The van der Waals surface area contributed by atoms with Gasteiger partial charge in [0.05, 0.1) is 0 Å². The summed E-state index contributed by atoms with van der Waals surface area (Å²) in [6.45, 7) is 2.92. The maximum atomic E-state index is 14.0. The molecule has 0 amide bonds. The van der Waals surface area contributed by atoms with Gasteiger partial charge in [-0.3, -0.25) is 0 Å². The van der Waals surface area contributed by atoms with Gasteiger partial charge in [0.15, 0.2) is 0 Å². The van der Waals surface area contributed by atoms with Crippen molar-refractivity contribution in [2.45, 2.75) is 13.8 Å². The molecule has 7 heteroatoms. The topological polar surface area (TPSA) is 52.6 Å². The standard InChI is InChI=1S/2C18H15P.2C2H4O2.Ru/c2*1-4-10-16(11-5-1)19(17-12-6-2-7-13-17)18-14-8-3-9-15-18;2*1-2(3)4;/h2*1-15H;2*1H3,(H,3,4);. The monoisotopic (exact) mass is 746 g/mol. The van der Waals surface area contributed by atoms with Crippen LogP contribution in [0.2, 0.25) is 0 Å². The van der Waals surface area contributed by atoms with Crippen LogP contribution in [0, 0.1) is 0 Å². The van der Waals surface area contributed by atoms with Crippen LogP contribution >= 0.6 is 11.2 Å². The molecule has 47 heavy (non-hydrogen) atoms. The van der Waals surface area contributed by atoms with E-state index in [1.165, 1.54) is 13.8 Å². The van der Waals surface area contributed by atoms with Crippen LogP contribution in [0.4, 0.5) is 0 Å². The van der Waals surface area contributed by atoms with Gasteiger partial charge >= 0.3 is 282 Å². The van der Waals surface area contributed by atoms with Gasteiger partial charge in [0.25, 0.3) is 0 Å². The second-order valence-electron chi connectivity index (χ2n) is 11.0. The Morgan fingerprint density at radius 2 is 0.532 bits per heavy atom. The van der Waals surface area contributed by atoms with Crippen LogP contribution in [0.3, 0.4) is 0 Å². The van der Waals surface area contributed by atoms with Crippen molar-refractivity contribution < 1.29 is 31.2 Å². The molecule has 0 saturated heterocycles. The molecule has 0 heterocycles. The van der Waals surface area contributed by atoms with Crippen LogP contribution < -0.4 is 31.8 Å². The van der Waals surface area contributed by atoms with E-state index in [1.54, 1.807) is 0 Å². The fraction of sp³-hybridized carbons (Fsp3) is 0.0500. The van der Waals surface area contributed by atoms with E-state index in [0.29, 0.717) is 0 Å². The molecular formula is C40H38O4P2Ru. The normalized spacial score (nSPS) is 12.8. The van der Waals surface area contributed by atoms with Gasteiger partial charge in [-0.25, -0.2) is 0 Å². The van der Waals surface area contributed by atoms with Crippen LogP contribution in [0.5, 0.6) is 0 Å². The molecule has 4 nitrogen and oxygen atoms in total. The third kappa shape index (κ3) is 5.68. The van der Waals surface area contributed by atoms with E-state index in [4.69, 9.17) is 7.13 Å². The van der Waals surface area contributed by atoms with E-state index in [1.807, 2.05) is 109 Å². The van der Waals surface area contributed by atoms with Gasteiger partial charge < -0.3 is 0 Å². The molecule has 0 aromatic heterocycles. The molecule has 240 valence electrons. The zero-order valence-electron chi connectivity index (χ0n) is 26.3. The zero-order valence-corrected chi connectivity index (χ0v) is 30.0. The first-order valence-electron chi connectivity index (χ1n) is 15.4. The Labute approximate surface area is 280 Å².